The molecular formula is C13H20N2. The van der Waals surface area contributed by atoms with Gasteiger partial charge in [-0.1, -0.05) is 24.3 Å². The molecule has 1 aromatic carbocycles. The monoisotopic (exact) mass is 204 g/mol. The lowest BCUT2D eigenvalue weighted by Gasteiger charge is -2.23. The highest BCUT2D eigenvalue weighted by molar-refractivity contribution is 5.28. The summed E-state index contributed by atoms with van der Waals surface area (Å²) in [4.78, 5) is 0. The number of hydrogen-bond acceptors (Lipinski definition) is 2. The zero-order valence-electron chi connectivity index (χ0n) is 9.37. The molecule has 0 aromatic heterocycles. The van der Waals surface area contributed by atoms with Crippen LogP contribution in [0, 0.1) is 0 Å². The Morgan fingerprint density at radius 2 is 2.07 bits per heavy atom. The second-order valence-corrected chi connectivity index (χ2v) is 4.48. The second-order valence-electron chi connectivity index (χ2n) is 4.48. The minimum atomic E-state index is 0.145. The van der Waals surface area contributed by atoms with Gasteiger partial charge in [-0.3, -0.25) is 0 Å². The van der Waals surface area contributed by atoms with Gasteiger partial charge < -0.3 is 11.1 Å². The molecule has 1 atom stereocenters. The summed E-state index contributed by atoms with van der Waals surface area (Å²) in [6.07, 6.45) is 2.50. The van der Waals surface area contributed by atoms with Gasteiger partial charge in [0.15, 0.2) is 0 Å². The molecule has 1 aliphatic heterocycles. The molecule has 1 unspecified atom stereocenters. The molecule has 0 radical (unpaired) electrons. The van der Waals surface area contributed by atoms with Crippen molar-refractivity contribution in [3.05, 3.63) is 35.4 Å². The van der Waals surface area contributed by atoms with Crippen LogP contribution in [0.25, 0.3) is 0 Å². The highest BCUT2D eigenvalue weighted by Crippen LogP contribution is 2.26. The first kappa shape index (κ1) is 10.7. The fourth-order valence-electron chi connectivity index (χ4n) is 2.25. The topological polar surface area (TPSA) is 38.0 Å². The molecule has 1 heterocycles. The van der Waals surface area contributed by atoms with Gasteiger partial charge in [0, 0.05) is 6.04 Å². The van der Waals surface area contributed by atoms with Crippen LogP contribution in [0.5, 0.6) is 0 Å². The molecule has 0 bridgehead atoms. The van der Waals surface area contributed by atoms with Crippen LogP contribution in [0.4, 0.5) is 0 Å². The molecule has 0 amide bonds. The average Bonchev–Trinajstić information content (AvgIpc) is 2.30. The van der Waals surface area contributed by atoms with Crippen LogP contribution in [0.2, 0.25) is 0 Å². The Hall–Kier alpha value is -0.860. The van der Waals surface area contributed by atoms with Crippen LogP contribution < -0.4 is 11.1 Å². The Balaban J connectivity index is 2.16. The van der Waals surface area contributed by atoms with Gasteiger partial charge in [-0.05, 0) is 49.9 Å². The van der Waals surface area contributed by atoms with E-state index in [1.807, 2.05) is 6.92 Å². The number of nitrogens with one attached hydrogen (secondary N) is 1. The van der Waals surface area contributed by atoms with E-state index in [0.717, 1.165) is 19.0 Å². The average molecular weight is 204 g/mol. The van der Waals surface area contributed by atoms with E-state index in [4.69, 9.17) is 5.73 Å². The molecule has 1 fully saturated rings. The van der Waals surface area contributed by atoms with Crippen molar-refractivity contribution in [1.82, 2.24) is 5.32 Å². The molecule has 1 aliphatic rings. The molecule has 2 heteroatoms. The molecule has 1 aromatic rings. The van der Waals surface area contributed by atoms with Crippen LogP contribution in [0.1, 0.15) is 42.9 Å². The third-order valence-electron chi connectivity index (χ3n) is 3.25. The summed E-state index contributed by atoms with van der Waals surface area (Å²) in [6, 6.07) is 8.92. The molecule has 0 spiro atoms. The fourth-order valence-corrected chi connectivity index (χ4v) is 2.25. The Kier molecular flexibility index (Phi) is 3.39. The summed E-state index contributed by atoms with van der Waals surface area (Å²) < 4.78 is 0. The smallest absolute Gasteiger partial charge is 0.0266 e. The maximum absolute atomic E-state index is 5.90. The number of rotatable bonds is 2. The molecular weight excluding hydrogens is 184 g/mol. The predicted octanol–water partition coefficient (Wildman–Crippen LogP) is 2.17. The van der Waals surface area contributed by atoms with Crippen molar-refractivity contribution in [1.29, 1.82) is 0 Å². The van der Waals surface area contributed by atoms with E-state index in [0.29, 0.717) is 0 Å². The normalized spacial score (nSPS) is 20.1. The van der Waals surface area contributed by atoms with Crippen LogP contribution in [0.15, 0.2) is 24.3 Å². The zero-order valence-corrected chi connectivity index (χ0v) is 9.37. The lowest BCUT2D eigenvalue weighted by molar-refractivity contribution is 0.460. The molecule has 0 aliphatic carbocycles. The number of hydrogen-bond donors (Lipinski definition) is 2. The first-order valence-corrected chi connectivity index (χ1v) is 5.83. The number of nitrogens with two attached hydrogens (primary N) is 1. The van der Waals surface area contributed by atoms with E-state index in [2.05, 4.69) is 29.6 Å². The minimum absolute atomic E-state index is 0.145. The first-order valence-electron chi connectivity index (χ1n) is 5.83. The highest BCUT2D eigenvalue weighted by Gasteiger charge is 2.15. The Labute approximate surface area is 91.9 Å². The quantitative estimate of drug-likeness (QED) is 0.775. The molecule has 82 valence electrons. The molecule has 2 rings (SSSR count). The van der Waals surface area contributed by atoms with Crippen molar-refractivity contribution >= 4 is 0 Å². The summed E-state index contributed by atoms with van der Waals surface area (Å²) in [6.45, 7) is 4.34. The molecule has 3 N–H and O–H groups in total. The maximum atomic E-state index is 5.90. The van der Waals surface area contributed by atoms with Crippen LogP contribution in [0.3, 0.4) is 0 Å². The van der Waals surface area contributed by atoms with Crippen molar-refractivity contribution in [2.45, 2.75) is 31.7 Å². The molecule has 1 saturated heterocycles. The predicted molar refractivity (Wildman–Crippen MR) is 63.9 cm³/mol. The van der Waals surface area contributed by atoms with Crippen molar-refractivity contribution in [2.24, 2.45) is 5.73 Å². The summed E-state index contributed by atoms with van der Waals surface area (Å²) in [5.41, 5.74) is 8.62. The van der Waals surface area contributed by atoms with Crippen molar-refractivity contribution in [2.75, 3.05) is 13.1 Å². The fraction of sp³-hybridized carbons (Fsp3) is 0.538. The Morgan fingerprint density at radius 3 is 2.73 bits per heavy atom. The highest BCUT2D eigenvalue weighted by atomic mass is 14.9. The largest absolute Gasteiger partial charge is 0.324 e. The van der Waals surface area contributed by atoms with E-state index in [1.54, 1.807) is 0 Å². The van der Waals surface area contributed by atoms with Gasteiger partial charge in [0.2, 0.25) is 0 Å². The van der Waals surface area contributed by atoms with E-state index in [1.165, 1.54) is 24.0 Å². The zero-order chi connectivity index (χ0) is 10.7. The lowest BCUT2D eigenvalue weighted by Crippen LogP contribution is -2.26. The number of piperidine rings is 1. The number of benzene rings is 1. The summed E-state index contributed by atoms with van der Waals surface area (Å²) in [5, 5.41) is 3.40. The van der Waals surface area contributed by atoms with Crippen molar-refractivity contribution in [3.8, 4) is 0 Å². The summed E-state index contributed by atoms with van der Waals surface area (Å²) >= 11 is 0. The SMILES string of the molecule is CC(N)c1cccc(C2CCNCC2)c1. The second kappa shape index (κ2) is 4.77. The first-order chi connectivity index (χ1) is 7.27. The summed E-state index contributed by atoms with van der Waals surface area (Å²) in [7, 11) is 0. The molecule has 0 saturated carbocycles. The van der Waals surface area contributed by atoms with Crippen LogP contribution in [-0.4, -0.2) is 13.1 Å². The van der Waals surface area contributed by atoms with Gasteiger partial charge in [0.25, 0.3) is 0 Å². The lowest BCUT2D eigenvalue weighted by atomic mass is 9.89. The Bertz CT molecular complexity index is 314. The van der Waals surface area contributed by atoms with Gasteiger partial charge in [-0.15, -0.1) is 0 Å². The van der Waals surface area contributed by atoms with Crippen molar-refractivity contribution < 1.29 is 0 Å². The van der Waals surface area contributed by atoms with Gasteiger partial charge in [-0.2, -0.15) is 0 Å². The molecule has 2 nitrogen and oxygen atoms in total. The standard InChI is InChI=1S/C13H20N2/c1-10(14)12-3-2-4-13(9-12)11-5-7-15-8-6-11/h2-4,9-11,15H,5-8,14H2,1H3. The third kappa shape index (κ3) is 2.58. The van der Waals surface area contributed by atoms with Crippen LogP contribution >= 0.6 is 0 Å². The van der Waals surface area contributed by atoms with Gasteiger partial charge in [0.05, 0.1) is 0 Å². The Morgan fingerprint density at radius 1 is 1.33 bits per heavy atom. The van der Waals surface area contributed by atoms with E-state index < -0.39 is 0 Å². The van der Waals surface area contributed by atoms with Gasteiger partial charge >= 0.3 is 0 Å². The third-order valence-corrected chi connectivity index (χ3v) is 3.25. The minimum Gasteiger partial charge on any atom is -0.324 e. The van der Waals surface area contributed by atoms with Crippen LogP contribution in [-0.2, 0) is 0 Å². The molecule has 15 heavy (non-hydrogen) atoms. The van der Waals surface area contributed by atoms with E-state index >= 15 is 0 Å². The van der Waals surface area contributed by atoms with E-state index in [9.17, 15) is 0 Å². The van der Waals surface area contributed by atoms with Gasteiger partial charge in [-0.25, -0.2) is 0 Å². The summed E-state index contributed by atoms with van der Waals surface area (Å²) in [5.74, 6) is 0.727. The maximum Gasteiger partial charge on any atom is 0.0266 e. The van der Waals surface area contributed by atoms with Crippen molar-refractivity contribution in [3.63, 3.8) is 0 Å². The van der Waals surface area contributed by atoms with E-state index in [-0.39, 0.29) is 6.04 Å². The van der Waals surface area contributed by atoms with Gasteiger partial charge in [0.1, 0.15) is 0 Å².